The Morgan fingerprint density at radius 2 is 2.00 bits per heavy atom. The molecule has 1 aliphatic rings. The lowest BCUT2D eigenvalue weighted by Gasteiger charge is -2.41. The summed E-state index contributed by atoms with van der Waals surface area (Å²) in [6, 6.07) is 0. The number of carbonyl (C=O) groups excluding carboxylic acids is 2. The molecule has 3 rings (SSSR count). The number of carbonyl (C=O) groups is 2. The quantitative estimate of drug-likeness (QED) is 0.871. The molecule has 3 N–H and O–H groups in total. The smallest absolute Gasteiger partial charge is 0.293 e. The number of primary amides is 1. The number of oxazole rings is 1. The summed E-state index contributed by atoms with van der Waals surface area (Å²) in [6.07, 6.45) is 1.75. The molecule has 25 heavy (non-hydrogen) atoms. The van der Waals surface area contributed by atoms with Crippen LogP contribution >= 0.6 is 11.3 Å². The highest BCUT2D eigenvalue weighted by molar-refractivity contribution is 7.17. The molecule has 2 aromatic rings. The maximum Gasteiger partial charge on any atom is 0.293 e. The normalized spacial score (nSPS) is 17.8. The Morgan fingerprint density at radius 3 is 2.56 bits per heavy atom. The molecule has 0 aromatic carbocycles. The highest BCUT2D eigenvalue weighted by Crippen LogP contribution is 2.48. The number of nitrogens with one attached hydrogen (secondary N) is 1. The van der Waals surface area contributed by atoms with E-state index in [9.17, 15) is 9.59 Å². The second-order valence-corrected chi connectivity index (χ2v) is 8.27. The van der Waals surface area contributed by atoms with Crippen molar-refractivity contribution in [1.29, 1.82) is 0 Å². The Morgan fingerprint density at radius 1 is 1.32 bits per heavy atom. The molecular formula is C17H21N3O4S. The number of nitrogens with zero attached hydrogens (tertiary/aromatic N) is 1. The van der Waals surface area contributed by atoms with Crippen LogP contribution in [0.5, 0.6) is 0 Å². The molecule has 134 valence electrons. The summed E-state index contributed by atoms with van der Waals surface area (Å²) in [4.78, 5) is 29.4. The lowest BCUT2D eigenvalue weighted by atomic mass is 9.86. The molecule has 0 saturated carbocycles. The summed E-state index contributed by atoms with van der Waals surface area (Å²) in [5, 5.41) is 3.16. The van der Waals surface area contributed by atoms with Gasteiger partial charge in [0.1, 0.15) is 5.00 Å². The van der Waals surface area contributed by atoms with Crippen LogP contribution in [0.3, 0.4) is 0 Å². The summed E-state index contributed by atoms with van der Waals surface area (Å²) in [5.41, 5.74) is 6.25. The van der Waals surface area contributed by atoms with Crippen LogP contribution in [0.15, 0.2) is 10.8 Å². The van der Waals surface area contributed by atoms with E-state index in [1.165, 1.54) is 17.7 Å². The molecule has 0 unspecified atom stereocenters. The number of aromatic nitrogens is 1. The van der Waals surface area contributed by atoms with Crippen LogP contribution in [0.2, 0.25) is 0 Å². The third kappa shape index (κ3) is 3.07. The fourth-order valence-corrected chi connectivity index (χ4v) is 4.61. The SMILES string of the molecule is Cc1ncoc1C(=O)Nc1sc2c(c1C(N)=O)CC(C)(C)OC2(C)C. The molecule has 0 fully saturated rings. The third-order valence-electron chi connectivity index (χ3n) is 4.11. The van der Waals surface area contributed by atoms with Gasteiger partial charge in [-0.2, -0.15) is 0 Å². The van der Waals surface area contributed by atoms with E-state index in [0.29, 0.717) is 22.7 Å². The molecule has 0 atom stereocenters. The van der Waals surface area contributed by atoms with Crippen molar-refractivity contribution in [2.75, 3.05) is 5.32 Å². The van der Waals surface area contributed by atoms with Gasteiger partial charge in [-0.1, -0.05) is 0 Å². The predicted molar refractivity (Wildman–Crippen MR) is 93.9 cm³/mol. The fraction of sp³-hybridized carbons (Fsp3) is 0.471. The molecule has 0 aliphatic carbocycles. The van der Waals surface area contributed by atoms with Crippen LogP contribution < -0.4 is 11.1 Å². The van der Waals surface area contributed by atoms with Crippen molar-refractivity contribution in [2.45, 2.75) is 52.2 Å². The Kier molecular flexibility index (Phi) is 4.00. The van der Waals surface area contributed by atoms with Gasteiger partial charge >= 0.3 is 0 Å². The first-order chi connectivity index (χ1) is 11.5. The van der Waals surface area contributed by atoms with E-state index in [0.717, 1.165) is 10.4 Å². The molecule has 7 nitrogen and oxygen atoms in total. The highest BCUT2D eigenvalue weighted by Gasteiger charge is 2.43. The van der Waals surface area contributed by atoms with Crippen molar-refractivity contribution in [2.24, 2.45) is 5.73 Å². The molecule has 0 spiro atoms. The zero-order chi connectivity index (χ0) is 18.6. The topological polar surface area (TPSA) is 107 Å². The average molecular weight is 363 g/mol. The lowest BCUT2D eigenvalue weighted by Crippen LogP contribution is -2.42. The number of nitrogens with two attached hydrogens (primary N) is 1. The van der Waals surface area contributed by atoms with Gasteiger partial charge in [0.05, 0.1) is 22.5 Å². The Labute approximate surface area is 149 Å². The van der Waals surface area contributed by atoms with Gasteiger partial charge in [0.2, 0.25) is 5.76 Å². The second-order valence-electron chi connectivity index (χ2n) is 7.25. The number of rotatable bonds is 3. The van der Waals surface area contributed by atoms with Crippen molar-refractivity contribution < 1.29 is 18.7 Å². The van der Waals surface area contributed by atoms with E-state index in [-0.39, 0.29) is 5.76 Å². The second kappa shape index (κ2) is 5.67. The number of thiophene rings is 1. The van der Waals surface area contributed by atoms with Crippen LogP contribution in [0.1, 0.15) is 64.7 Å². The molecule has 1 aliphatic heterocycles. The van der Waals surface area contributed by atoms with Crippen LogP contribution in [0, 0.1) is 6.92 Å². The van der Waals surface area contributed by atoms with E-state index >= 15 is 0 Å². The van der Waals surface area contributed by atoms with Crippen molar-refractivity contribution >= 4 is 28.2 Å². The lowest BCUT2D eigenvalue weighted by molar-refractivity contribution is -0.135. The van der Waals surface area contributed by atoms with Crippen LogP contribution in [-0.4, -0.2) is 22.4 Å². The molecule has 0 bridgehead atoms. The largest absolute Gasteiger partial charge is 0.438 e. The van der Waals surface area contributed by atoms with Crippen LogP contribution in [0.25, 0.3) is 0 Å². The van der Waals surface area contributed by atoms with E-state index in [4.69, 9.17) is 14.9 Å². The zero-order valence-corrected chi connectivity index (χ0v) is 15.7. The number of hydrogen-bond donors (Lipinski definition) is 2. The summed E-state index contributed by atoms with van der Waals surface area (Å²) in [6.45, 7) is 9.50. The van der Waals surface area contributed by atoms with Crippen molar-refractivity contribution in [3.05, 3.63) is 33.9 Å². The standard InChI is InChI=1S/C17H21N3O4S/c1-8-11(23-7-19-8)14(22)20-15-10(13(18)21)9-6-16(2,3)24-17(4,5)12(9)25-15/h7H,6H2,1-5H3,(H2,18,21)(H,20,22). The van der Waals surface area contributed by atoms with E-state index in [1.54, 1.807) is 6.92 Å². The molecule has 2 aromatic heterocycles. The minimum absolute atomic E-state index is 0.109. The van der Waals surface area contributed by atoms with Gasteiger partial charge in [0.15, 0.2) is 6.39 Å². The van der Waals surface area contributed by atoms with Gasteiger partial charge in [-0.3, -0.25) is 9.59 Å². The molecule has 0 saturated heterocycles. The third-order valence-corrected chi connectivity index (χ3v) is 5.57. The summed E-state index contributed by atoms with van der Waals surface area (Å²) < 4.78 is 11.3. The van der Waals surface area contributed by atoms with Crippen LogP contribution in [-0.2, 0) is 16.8 Å². The first-order valence-electron chi connectivity index (χ1n) is 7.89. The summed E-state index contributed by atoms with van der Waals surface area (Å²) in [5.74, 6) is -0.928. The van der Waals surface area contributed by atoms with Gasteiger partial charge in [0.25, 0.3) is 11.8 Å². The summed E-state index contributed by atoms with van der Waals surface area (Å²) >= 11 is 1.31. The summed E-state index contributed by atoms with van der Waals surface area (Å²) in [7, 11) is 0. The Hall–Kier alpha value is -2.19. The first kappa shape index (κ1) is 17.6. The van der Waals surface area contributed by atoms with Gasteiger partial charge in [-0.05, 0) is 40.2 Å². The Balaban J connectivity index is 2.07. The highest BCUT2D eigenvalue weighted by atomic mass is 32.1. The zero-order valence-electron chi connectivity index (χ0n) is 14.9. The predicted octanol–water partition coefficient (Wildman–Crippen LogP) is 2.98. The maximum atomic E-state index is 12.5. The van der Waals surface area contributed by atoms with E-state index < -0.39 is 23.0 Å². The Bertz CT molecular complexity index is 863. The van der Waals surface area contributed by atoms with Gasteiger partial charge in [0, 0.05) is 11.3 Å². The average Bonchev–Trinajstić information content (AvgIpc) is 3.00. The number of anilines is 1. The number of aryl methyl sites for hydroxylation is 1. The van der Waals surface area contributed by atoms with Gasteiger partial charge in [-0.25, -0.2) is 4.98 Å². The van der Waals surface area contributed by atoms with Gasteiger partial charge in [-0.15, -0.1) is 11.3 Å². The number of amides is 2. The monoisotopic (exact) mass is 363 g/mol. The van der Waals surface area contributed by atoms with Crippen molar-refractivity contribution in [3.63, 3.8) is 0 Å². The van der Waals surface area contributed by atoms with Crippen LogP contribution in [0.4, 0.5) is 5.00 Å². The fourth-order valence-electron chi connectivity index (χ4n) is 3.35. The van der Waals surface area contributed by atoms with E-state index in [2.05, 4.69) is 10.3 Å². The number of hydrogen-bond acceptors (Lipinski definition) is 6. The van der Waals surface area contributed by atoms with Crippen molar-refractivity contribution in [3.8, 4) is 0 Å². The molecule has 0 radical (unpaired) electrons. The minimum atomic E-state index is -0.586. The molecule has 2 amide bonds. The van der Waals surface area contributed by atoms with Gasteiger partial charge < -0.3 is 20.2 Å². The van der Waals surface area contributed by atoms with E-state index in [1.807, 2.05) is 27.7 Å². The molecule has 8 heteroatoms. The van der Waals surface area contributed by atoms with Crippen molar-refractivity contribution in [1.82, 2.24) is 4.98 Å². The first-order valence-corrected chi connectivity index (χ1v) is 8.71. The maximum absolute atomic E-state index is 12.5. The number of ether oxygens (including phenoxy) is 1. The minimum Gasteiger partial charge on any atom is -0.438 e. The number of fused-ring (bicyclic) bond motifs is 1. The molecule has 3 heterocycles. The molecular weight excluding hydrogens is 342 g/mol.